The predicted molar refractivity (Wildman–Crippen MR) is 145 cm³/mol. The smallest absolute Gasteiger partial charge is 0.118 e. The second-order valence-corrected chi connectivity index (χ2v) is 13.2. The molecule has 1 aliphatic heterocycles. The van der Waals surface area contributed by atoms with Crippen LogP contribution in [-0.2, 0) is 10.3 Å². The van der Waals surface area contributed by atoms with Crippen molar-refractivity contribution in [3.05, 3.63) is 41.5 Å². The van der Waals surface area contributed by atoms with Crippen molar-refractivity contribution < 1.29 is 19.7 Å². The first-order valence-electron chi connectivity index (χ1n) is 14.9. The summed E-state index contributed by atoms with van der Waals surface area (Å²) < 4.78 is 12.6. The van der Waals surface area contributed by atoms with Crippen LogP contribution in [0.25, 0.3) is 0 Å². The Bertz CT molecular complexity index is 1020. The molecule has 1 aromatic rings. The Balaban J connectivity index is 1.35. The van der Waals surface area contributed by atoms with Crippen molar-refractivity contribution in [1.82, 2.24) is 4.90 Å². The van der Waals surface area contributed by atoms with Gasteiger partial charge in [-0.25, -0.2) is 0 Å². The molecular weight excluding hydrogens is 462 g/mol. The molecule has 204 valence electrons. The van der Waals surface area contributed by atoms with Crippen LogP contribution in [0, 0.1) is 22.7 Å². The summed E-state index contributed by atoms with van der Waals surface area (Å²) >= 11 is 0. The molecule has 5 heteroatoms. The van der Waals surface area contributed by atoms with Gasteiger partial charge in [-0.05, 0) is 112 Å². The Kier molecular flexibility index (Phi) is 6.54. The van der Waals surface area contributed by atoms with Crippen LogP contribution in [0.15, 0.2) is 35.9 Å². The molecule has 0 amide bonds. The van der Waals surface area contributed by atoms with E-state index in [9.17, 15) is 10.2 Å². The van der Waals surface area contributed by atoms with E-state index in [4.69, 9.17) is 9.47 Å². The van der Waals surface area contributed by atoms with E-state index in [0.717, 1.165) is 63.7 Å². The van der Waals surface area contributed by atoms with Crippen LogP contribution in [0.1, 0.15) is 83.6 Å². The van der Waals surface area contributed by atoms with Gasteiger partial charge in [0.1, 0.15) is 11.4 Å². The number of benzene rings is 1. The molecule has 2 unspecified atom stereocenters. The maximum Gasteiger partial charge on any atom is 0.118 e. The highest BCUT2D eigenvalue weighted by Gasteiger charge is 2.72. The van der Waals surface area contributed by atoms with Crippen molar-refractivity contribution in [2.75, 3.05) is 33.4 Å². The van der Waals surface area contributed by atoms with Gasteiger partial charge in [-0.3, -0.25) is 0 Å². The van der Waals surface area contributed by atoms with Gasteiger partial charge in [0, 0.05) is 12.0 Å². The average molecular weight is 510 g/mol. The summed E-state index contributed by atoms with van der Waals surface area (Å²) in [6.07, 6.45) is 12.1. The minimum Gasteiger partial charge on any atom is -0.497 e. The largest absolute Gasteiger partial charge is 0.497 e. The Morgan fingerprint density at radius 2 is 1.73 bits per heavy atom. The van der Waals surface area contributed by atoms with Crippen molar-refractivity contribution >= 4 is 0 Å². The number of rotatable bonds is 6. The van der Waals surface area contributed by atoms with Gasteiger partial charge in [0.2, 0.25) is 0 Å². The van der Waals surface area contributed by atoms with E-state index in [1.165, 1.54) is 37.1 Å². The average Bonchev–Trinajstić information content (AvgIpc) is 3.50. The molecule has 0 spiro atoms. The fraction of sp³-hybridized carbons (Fsp3) is 0.750. The van der Waals surface area contributed by atoms with Gasteiger partial charge in [0.25, 0.3) is 0 Å². The van der Waals surface area contributed by atoms with Crippen LogP contribution in [-0.4, -0.2) is 60.2 Å². The Hall–Kier alpha value is -1.40. The first-order chi connectivity index (χ1) is 17.8. The molecule has 5 aliphatic rings. The molecule has 6 rings (SSSR count). The number of hydrogen-bond acceptors (Lipinski definition) is 5. The van der Waals surface area contributed by atoms with Crippen LogP contribution >= 0.6 is 0 Å². The van der Waals surface area contributed by atoms with Crippen LogP contribution in [0.5, 0.6) is 5.75 Å². The quantitative estimate of drug-likeness (QED) is 0.500. The zero-order chi connectivity index (χ0) is 25.9. The number of ether oxygens (including phenoxy) is 2. The summed E-state index contributed by atoms with van der Waals surface area (Å²) in [6, 6.07) is 8.47. The lowest BCUT2D eigenvalue weighted by Crippen LogP contribution is -2.63. The van der Waals surface area contributed by atoms with E-state index in [2.05, 4.69) is 49.1 Å². The molecule has 0 aromatic heterocycles. The highest BCUT2D eigenvalue weighted by molar-refractivity contribution is 5.38. The van der Waals surface area contributed by atoms with Gasteiger partial charge >= 0.3 is 0 Å². The fourth-order valence-corrected chi connectivity index (χ4v) is 9.60. The van der Waals surface area contributed by atoms with Gasteiger partial charge in [-0.1, -0.05) is 37.6 Å². The van der Waals surface area contributed by atoms with Crippen LogP contribution in [0.3, 0.4) is 0 Å². The molecule has 1 aromatic carbocycles. The first-order valence-corrected chi connectivity index (χ1v) is 14.9. The molecule has 0 radical (unpaired) electrons. The zero-order valence-corrected chi connectivity index (χ0v) is 23.2. The normalized spacial score (nSPS) is 43.6. The second kappa shape index (κ2) is 9.36. The minimum atomic E-state index is -0.773. The topological polar surface area (TPSA) is 62.2 Å². The third kappa shape index (κ3) is 3.78. The molecular formula is C32H47NO4. The summed E-state index contributed by atoms with van der Waals surface area (Å²) in [4.78, 5) is 2.52. The van der Waals surface area contributed by atoms with Crippen molar-refractivity contribution in [2.45, 2.75) is 95.4 Å². The lowest BCUT2D eigenvalue weighted by Gasteiger charge is -2.62. The highest BCUT2D eigenvalue weighted by atomic mass is 16.5. The number of likely N-dealkylation sites (tertiary alicyclic amines) is 1. The summed E-state index contributed by atoms with van der Waals surface area (Å²) in [7, 11) is 1.71. The van der Waals surface area contributed by atoms with E-state index < -0.39 is 11.2 Å². The highest BCUT2D eigenvalue weighted by Crippen LogP contribution is 2.71. The summed E-state index contributed by atoms with van der Waals surface area (Å²) in [6.45, 7) is 8.77. The Labute approximate surface area is 223 Å². The number of aliphatic hydroxyl groups excluding tert-OH is 1. The molecule has 4 aliphatic carbocycles. The Morgan fingerprint density at radius 3 is 2.46 bits per heavy atom. The maximum absolute atomic E-state index is 12.8. The molecule has 1 saturated heterocycles. The van der Waals surface area contributed by atoms with Gasteiger partial charge < -0.3 is 24.6 Å². The van der Waals surface area contributed by atoms with Crippen molar-refractivity contribution in [1.29, 1.82) is 0 Å². The van der Waals surface area contributed by atoms with E-state index in [1.807, 2.05) is 0 Å². The minimum absolute atomic E-state index is 0.0984. The lowest BCUT2D eigenvalue weighted by atomic mass is 9.45. The van der Waals surface area contributed by atoms with Gasteiger partial charge in [-0.15, -0.1) is 0 Å². The first kappa shape index (κ1) is 25.9. The number of aliphatic hydroxyl groups is 2. The summed E-state index contributed by atoms with van der Waals surface area (Å²) in [5, 5.41) is 23.2. The van der Waals surface area contributed by atoms with Crippen LogP contribution in [0.2, 0.25) is 0 Å². The molecule has 0 bridgehead atoms. The second-order valence-electron chi connectivity index (χ2n) is 13.2. The van der Waals surface area contributed by atoms with E-state index in [1.54, 1.807) is 7.11 Å². The van der Waals surface area contributed by atoms with Crippen molar-refractivity contribution in [3.8, 4) is 5.75 Å². The molecule has 37 heavy (non-hydrogen) atoms. The Morgan fingerprint density at radius 1 is 0.973 bits per heavy atom. The molecule has 1 heterocycles. The van der Waals surface area contributed by atoms with E-state index in [0.29, 0.717) is 12.5 Å². The summed E-state index contributed by atoms with van der Waals surface area (Å²) in [5.41, 5.74) is 1.08. The third-order valence-electron chi connectivity index (χ3n) is 11.9. The van der Waals surface area contributed by atoms with Crippen LogP contribution in [0.4, 0.5) is 0 Å². The molecule has 5 nitrogen and oxygen atoms in total. The van der Waals surface area contributed by atoms with Gasteiger partial charge in [0.15, 0.2) is 0 Å². The van der Waals surface area contributed by atoms with Crippen molar-refractivity contribution in [2.24, 2.45) is 22.7 Å². The SMILES string of the molecule is COc1ccc(C2(OCCN3CCCC3)CC[C@@]3(O)[C@@H]4CC=C5CC(O)CC[C@]5(C)[C@@H]4CC[C@]23C)cc1. The predicted octanol–water partition coefficient (Wildman–Crippen LogP) is 5.44. The zero-order valence-electron chi connectivity index (χ0n) is 23.2. The molecule has 7 atom stereocenters. The monoisotopic (exact) mass is 509 g/mol. The third-order valence-corrected chi connectivity index (χ3v) is 11.9. The summed E-state index contributed by atoms with van der Waals surface area (Å²) in [5.74, 6) is 1.56. The molecule has 2 N–H and O–H groups in total. The fourth-order valence-electron chi connectivity index (χ4n) is 9.60. The van der Waals surface area contributed by atoms with Gasteiger partial charge in [0.05, 0.1) is 25.4 Å². The molecule has 4 fully saturated rings. The number of hydrogen-bond donors (Lipinski definition) is 2. The lowest BCUT2D eigenvalue weighted by molar-refractivity contribution is -0.232. The number of fused-ring (bicyclic) bond motifs is 5. The van der Waals surface area contributed by atoms with E-state index >= 15 is 0 Å². The standard InChI is InChI=1S/C32H47NO4/c1-29-14-12-25(34)22-24(29)8-11-28-27(29)13-15-30(2)31(28,35)16-17-32(30,23-6-9-26(36-3)10-7-23)37-21-20-33-18-4-5-19-33/h6-10,25,27-28,34-35H,4-5,11-22H2,1-3H3/t25?,27-,28-,29+,30+,31-,32?/m1/s1. The van der Waals surface area contributed by atoms with Gasteiger partial charge in [-0.2, -0.15) is 0 Å². The maximum atomic E-state index is 12.8. The number of nitrogens with zero attached hydrogens (tertiary/aromatic N) is 1. The van der Waals surface area contributed by atoms with Crippen LogP contribution < -0.4 is 4.74 Å². The number of methoxy groups -OCH3 is 1. The molecule has 3 saturated carbocycles. The number of allylic oxidation sites excluding steroid dienone is 1. The van der Waals surface area contributed by atoms with Crippen molar-refractivity contribution in [3.63, 3.8) is 0 Å². The van der Waals surface area contributed by atoms with E-state index in [-0.39, 0.29) is 22.9 Å².